The fourth-order valence-corrected chi connectivity index (χ4v) is 5.12. The molecule has 3 atom stereocenters. The van der Waals surface area contributed by atoms with Gasteiger partial charge in [0, 0.05) is 16.9 Å². The van der Waals surface area contributed by atoms with Crippen molar-refractivity contribution in [3.63, 3.8) is 0 Å². The maximum absolute atomic E-state index is 13.4. The van der Waals surface area contributed by atoms with Crippen LogP contribution < -0.4 is 15.5 Å². The molecule has 37 heavy (non-hydrogen) atoms. The molecule has 4 rings (SSSR count). The number of carboxylic acids is 1. The highest BCUT2D eigenvalue weighted by Gasteiger charge is 2.40. The van der Waals surface area contributed by atoms with Crippen LogP contribution >= 0.6 is 11.3 Å². The standard InChI is InChI=1S/C28H29N3O5S/c1-3-17(2)25-27(34)29-21-15-19(11-12-23(21)31(25)24(32)16-20-10-7-13-37-20)26(33)30-22(28(35)36)14-18-8-5-4-6-9-18/h4-13,15,17,22,25H,3,14,16H2,1-2H3,(H,29,34)(H,30,33)(H,35,36). The molecular formula is C28H29N3O5S. The number of nitrogens with zero attached hydrogens (tertiary/aromatic N) is 1. The molecular weight excluding hydrogens is 490 g/mol. The van der Waals surface area contributed by atoms with Gasteiger partial charge in [0.05, 0.1) is 17.8 Å². The fourth-order valence-electron chi connectivity index (χ4n) is 4.43. The molecule has 1 aliphatic heterocycles. The van der Waals surface area contributed by atoms with E-state index in [1.165, 1.54) is 17.4 Å². The Labute approximate surface area is 219 Å². The van der Waals surface area contributed by atoms with Gasteiger partial charge in [-0.3, -0.25) is 19.3 Å². The second kappa shape index (κ2) is 11.4. The van der Waals surface area contributed by atoms with Gasteiger partial charge in [-0.05, 0) is 41.1 Å². The molecule has 0 saturated heterocycles. The van der Waals surface area contributed by atoms with Gasteiger partial charge in [0.25, 0.3) is 5.91 Å². The zero-order chi connectivity index (χ0) is 26.5. The highest BCUT2D eigenvalue weighted by molar-refractivity contribution is 7.10. The summed E-state index contributed by atoms with van der Waals surface area (Å²) < 4.78 is 0. The van der Waals surface area contributed by atoms with Crippen LogP contribution in [0.25, 0.3) is 0 Å². The monoisotopic (exact) mass is 519 g/mol. The van der Waals surface area contributed by atoms with Crippen LogP contribution in [0.3, 0.4) is 0 Å². The van der Waals surface area contributed by atoms with Gasteiger partial charge in [-0.1, -0.05) is 56.7 Å². The molecule has 1 aromatic heterocycles. The van der Waals surface area contributed by atoms with Gasteiger partial charge < -0.3 is 15.7 Å². The van der Waals surface area contributed by atoms with E-state index >= 15 is 0 Å². The number of rotatable bonds is 9. The summed E-state index contributed by atoms with van der Waals surface area (Å²) in [6, 6.07) is 15.7. The van der Waals surface area contributed by atoms with Crippen LogP contribution in [0.15, 0.2) is 66.0 Å². The first-order valence-electron chi connectivity index (χ1n) is 12.2. The van der Waals surface area contributed by atoms with E-state index in [-0.39, 0.29) is 36.1 Å². The lowest BCUT2D eigenvalue weighted by Crippen LogP contribution is -2.54. The van der Waals surface area contributed by atoms with Crippen LogP contribution in [0.4, 0.5) is 11.4 Å². The average molecular weight is 520 g/mol. The largest absolute Gasteiger partial charge is 0.480 e. The molecule has 0 saturated carbocycles. The van der Waals surface area contributed by atoms with Crippen LogP contribution in [0.1, 0.15) is 41.1 Å². The van der Waals surface area contributed by atoms with Gasteiger partial charge in [-0.25, -0.2) is 4.79 Å². The highest BCUT2D eigenvalue weighted by Crippen LogP contribution is 2.36. The van der Waals surface area contributed by atoms with E-state index in [1.54, 1.807) is 41.3 Å². The van der Waals surface area contributed by atoms with Gasteiger partial charge in [-0.15, -0.1) is 11.3 Å². The number of aliphatic carboxylic acids is 1. The highest BCUT2D eigenvalue weighted by atomic mass is 32.1. The number of carbonyl (C=O) groups is 4. The molecule has 2 heterocycles. The number of amides is 3. The van der Waals surface area contributed by atoms with Crippen LogP contribution in [-0.4, -0.2) is 40.9 Å². The SMILES string of the molecule is CCC(C)C1C(=O)Nc2cc(C(=O)NC(Cc3ccccc3)C(=O)O)ccc2N1C(=O)Cc1cccs1. The van der Waals surface area contributed by atoms with Gasteiger partial charge in [-0.2, -0.15) is 0 Å². The van der Waals surface area contributed by atoms with Crippen molar-refractivity contribution in [1.29, 1.82) is 0 Å². The van der Waals surface area contributed by atoms with E-state index in [4.69, 9.17) is 0 Å². The van der Waals surface area contributed by atoms with Crippen molar-refractivity contribution >= 4 is 46.4 Å². The predicted octanol–water partition coefficient (Wildman–Crippen LogP) is 4.12. The van der Waals surface area contributed by atoms with Gasteiger partial charge in [0.2, 0.25) is 11.8 Å². The van der Waals surface area contributed by atoms with Crippen molar-refractivity contribution in [2.75, 3.05) is 10.2 Å². The Kier molecular flexibility index (Phi) is 8.03. The normalized spacial score (nSPS) is 16.3. The van der Waals surface area contributed by atoms with Crippen molar-refractivity contribution in [3.05, 3.63) is 82.0 Å². The number of hydrogen-bond donors (Lipinski definition) is 3. The third-order valence-corrected chi connectivity index (χ3v) is 7.44. The second-order valence-electron chi connectivity index (χ2n) is 9.13. The number of anilines is 2. The Balaban J connectivity index is 1.60. The Bertz CT molecular complexity index is 1290. The minimum atomic E-state index is -1.15. The van der Waals surface area contributed by atoms with Crippen LogP contribution in [-0.2, 0) is 27.2 Å². The second-order valence-corrected chi connectivity index (χ2v) is 10.2. The molecule has 0 aliphatic carbocycles. The topological polar surface area (TPSA) is 116 Å². The quantitative estimate of drug-likeness (QED) is 0.393. The molecule has 9 heteroatoms. The first-order chi connectivity index (χ1) is 17.8. The van der Waals surface area contributed by atoms with E-state index in [0.717, 1.165) is 10.4 Å². The van der Waals surface area contributed by atoms with Crippen LogP contribution in [0.5, 0.6) is 0 Å². The lowest BCUT2D eigenvalue weighted by molar-refractivity contribution is -0.139. The Morgan fingerprint density at radius 1 is 1.11 bits per heavy atom. The molecule has 2 aromatic carbocycles. The molecule has 0 radical (unpaired) electrons. The number of benzene rings is 2. The summed E-state index contributed by atoms with van der Waals surface area (Å²) in [5, 5.41) is 17.0. The van der Waals surface area contributed by atoms with Crippen molar-refractivity contribution in [2.45, 2.75) is 45.2 Å². The minimum Gasteiger partial charge on any atom is -0.480 e. The number of fused-ring (bicyclic) bond motifs is 1. The van der Waals surface area contributed by atoms with E-state index < -0.39 is 24.0 Å². The van der Waals surface area contributed by atoms with E-state index in [0.29, 0.717) is 17.8 Å². The molecule has 3 amide bonds. The summed E-state index contributed by atoms with van der Waals surface area (Å²) >= 11 is 1.48. The summed E-state index contributed by atoms with van der Waals surface area (Å²) in [6.45, 7) is 3.90. The predicted molar refractivity (Wildman–Crippen MR) is 143 cm³/mol. The molecule has 8 nitrogen and oxygen atoms in total. The Morgan fingerprint density at radius 3 is 2.51 bits per heavy atom. The maximum atomic E-state index is 13.4. The third kappa shape index (κ3) is 5.89. The summed E-state index contributed by atoms with van der Waals surface area (Å²) in [4.78, 5) is 53.8. The average Bonchev–Trinajstić information content (AvgIpc) is 3.40. The maximum Gasteiger partial charge on any atom is 0.326 e. The number of hydrogen-bond acceptors (Lipinski definition) is 5. The summed E-state index contributed by atoms with van der Waals surface area (Å²) in [5.41, 5.74) is 1.82. The zero-order valence-corrected chi connectivity index (χ0v) is 21.5. The molecule has 1 aliphatic rings. The number of carbonyl (C=O) groups excluding carboxylic acids is 3. The lowest BCUT2D eigenvalue weighted by Gasteiger charge is -2.39. The van der Waals surface area contributed by atoms with E-state index in [9.17, 15) is 24.3 Å². The van der Waals surface area contributed by atoms with Crippen molar-refractivity contribution in [3.8, 4) is 0 Å². The zero-order valence-electron chi connectivity index (χ0n) is 20.6. The van der Waals surface area contributed by atoms with E-state index in [1.807, 2.05) is 37.4 Å². The van der Waals surface area contributed by atoms with E-state index in [2.05, 4.69) is 10.6 Å². The Hall–Kier alpha value is -3.98. The van der Waals surface area contributed by atoms with Crippen molar-refractivity contribution in [2.24, 2.45) is 5.92 Å². The van der Waals surface area contributed by atoms with Crippen LogP contribution in [0.2, 0.25) is 0 Å². The minimum absolute atomic E-state index is 0.0854. The summed E-state index contributed by atoms with van der Waals surface area (Å²) in [6.07, 6.45) is 0.999. The van der Waals surface area contributed by atoms with Crippen molar-refractivity contribution in [1.82, 2.24) is 5.32 Å². The fraction of sp³-hybridized carbons (Fsp3) is 0.286. The number of nitrogens with one attached hydrogen (secondary N) is 2. The molecule has 3 aromatic rings. The summed E-state index contributed by atoms with van der Waals surface area (Å²) in [7, 11) is 0. The van der Waals surface area contributed by atoms with Gasteiger partial charge in [0.1, 0.15) is 12.1 Å². The number of thiophene rings is 1. The third-order valence-electron chi connectivity index (χ3n) is 6.57. The van der Waals surface area contributed by atoms with Gasteiger partial charge >= 0.3 is 5.97 Å². The molecule has 0 fully saturated rings. The molecule has 0 bridgehead atoms. The lowest BCUT2D eigenvalue weighted by atomic mass is 9.93. The van der Waals surface area contributed by atoms with Gasteiger partial charge in [0.15, 0.2) is 0 Å². The molecule has 0 spiro atoms. The van der Waals surface area contributed by atoms with Crippen molar-refractivity contribution < 1.29 is 24.3 Å². The summed E-state index contributed by atoms with van der Waals surface area (Å²) in [5.74, 6) is -2.33. The first-order valence-corrected chi connectivity index (χ1v) is 13.0. The smallest absolute Gasteiger partial charge is 0.326 e. The van der Waals surface area contributed by atoms with Crippen LogP contribution in [0, 0.1) is 5.92 Å². The first kappa shape index (κ1) is 26.1. The Morgan fingerprint density at radius 2 is 1.86 bits per heavy atom. The molecule has 192 valence electrons. The molecule has 3 N–H and O–H groups in total. The molecule has 3 unspecified atom stereocenters. The number of carboxylic acid groups (broad SMARTS) is 1.